The van der Waals surface area contributed by atoms with Crippen LogP contribution >= 0.6 is 0 Å². The average Bonchev–Trinajstić information content (AvgIpc) is 2.39. The molecule has 1 aliphatic rings. The van der Waals surface area contributed by atoms with Crippen molar-refractivity contribution in [3.63, 3.8) is 0 Å². The van der Waals surface area contributed by atoms with Crippen molar-refractivity contribution in [1.82, 2.24) is 0 Å². The van der Waals surface area contributed by atoms with Crippen LogP contribution < -0.4 is 4.74 Å². The highest BCUT2D eigenvalue weighted by Crippen LogP contribution is 2.28. The summed E-state index contributed by atoms with van der Waals surface area (Å²) in [5.74, 6) is -5.59. The summed E-state index contributed by atoms with van der Waals surface area (Å²) in [6.45, 7) is 4.56. The van der Waals surface area contributed by atoms with Crippen molar-refractivity contribution in [2.75, 3.05) is 6.61 Å². The largest absolute Gasteiger partial charge is 0.491 e. The summed E-state index contributed by atoms with van der Waals surface area (Å²) in [6, 6.07) is 2.10. The molecule has 0 N–H and O–H groups in total. The Morgan fingerprint density at radius 2 is 1.77 bits per heavy atom. The van der Waals surface area contributed by atoms with Crippen LogP contribution in [0.15, 0.2) is 17.7 Å². The summed E-state index contributed by atoms with van der Waals surface area (Å²) in [6.07, 6.45) is 0.757. The van der Waals surface area contributed by atoms with Crippen molar-refractivity contribution >= 4 is 18.0 Å². The summed E-state index contributed by atoms with van der Waals surface area (Å²) >= 11 is 0. The number of benzene rings is 1. The third kappa shape index (κ3) is 3.08. The molecular formula is C15H14F2O5. The van der Waals surface area contributed by atoms with Gasteiger partial charge in [0.2, 0.25) is 0 Å². The van der Waals surface area contributed by atoms with Crippen molar-refractivity contribution in [3.8, 4) is 5.75 Å². The smallest absolute Gasteiger partial charge is 0.348 e. The van der Waals surface area contributed by atoms with E-state index in [0.717, 1.165) is 18.2 Å². The predicted octanol–water partition coefficient (Wildman–Crippen LogP) is 2.58. The first kappa shape index (κ1) is 15.9. The second-order valence-corrected chi connectivity index (χ2v) is 4.94. The maximum Gasteiger partial charge on any atom is 0.348 e. The molecule has 1 fully saturated rings. The van der Waals surface area contributed by atoms with Crippen LogP contribution in [0.4, 0.5) is 8.78 Å². The van der Waals surface area contributed by atoms with Crippen molar-refractivity contribution < 1.29 is 32.6 Å². The molecule has 22 heavy (non-hydrogen) atoms. The number of halogens is 2. The minimum atomic E-state index is -1.42. The lowest BCUT2D eigenvalue weighted by molar-refractivity contribution is -0.222. The lowest BCUT2D eigenvalue weighted by Gasteiger charge is -2.29. The van der Waals surface area contributed by atoms with Crippen LogP contribution in [0.1, 0.15) is 26.3 Å². The van der Waals surface area contributed by atoms with Crippen LogP contribution in [0.25, 0.3) is 6.08 Å². The molecule has 0 amide bonds. The zero-order chi connectivity index (χ0) is 16.5. The molecule has 1 aromatic rings. The van der Waals surface area contributed by atoms with Gasteiger partial charge in [-0.3, -0.25) is 0 Å². The Morgan fingerprint density at radius 3 is 2.32 bits per heavy atom. The quantitative estimate of drug-likeness (QED) is 0.488. The van der Waals surface area contributed by atoms with E-state index in [4.69, 9.17) is 14.2 Å². The fourth-order valence-electron chi connectivity index (χ4n) is 1.87. The fraction of sp³-hybridized carbons (Fsp3) is 0.333. The minimum Gasteiger partial charge on any atom is -0.491 e. The first-order valence-corrected chi connectivity index (χ1v) is 6.54. The number of cyclic esters (lactones) is 2. The summed E-state index contributed by atoms with van der Waals surface area (Å²) in [7, 11) is 0. The SMILES string of the molecule is CCOc1ccc(F)c(C=C2C(=O)OC(C)(C)OC2=O)c1F. The van der Waals surface area contributed by atoms with Gasteiger partial charge in [-0.25, -0.2) is 18.4 Å². The van der Waals surface area contributed by atoms with Crippen molar-refractivity contribution in [3.05, 3.63) is 34.9 Å². The summed E-state index contributed by atoms with van der Waals surface area (Å²) in [4.78, 5) is 23.6. The van der Waals surface area contributed by atoms with E-state index < -0.39 is 40.5 Å². The Balaban J connectivity index is 2.47. The molecule has 7 heteroatoms. The van der Waals surface area contributed by atoms with E-state index in [1.54, 1.807) is 6.92 Å². The number of hydrogen-bond acceptors (Lipinski definition) is 5. The van der Waals surface area contributed by atoms with Gasteiger partial charge in [0.15, 0.2) is 11.6 Å². The second-order valence-electron chi connectivity index (χ2n) is 4.94. The lowest BCUT2D eigenvalue weighted by atomic mass is 10.1. The molecule has 5 nitrogen and oxygen atoms in total. The highest BCUT2D eigenvalue weighted by molar-refractivity contribution is 6.18. The van der Waals surface area contributed by atoms with Gasteiger partial charge >= 0.3 is 11.9 Å². The Morgan fingerprint density at radius 1 is 1.18 bits per heavy atom. The molecule has 0 saturated carbocycles. The average molecular weight is 312 g/mol. The first-order valence-electron chi connectivity index (χ1n) is 6.54. The molecule has 0 aromatic heterocycles. The third-order valence-corrected chi connectivity index (χ3v) is 2.80. The van der Waals surface area contributed by atoms with Gasteiger partial charge in [-0.2, -0.15) is 0 Å². The monoisotopic (exact) mass is 312 g/mol. The Kier molecular flexibility index (Phi) is 4.16. The molecule has 0 aliphatic carbocycles. The van der Waals surface area contributed by atoms with Gasteiger partial charge in [-0.05, 0) is 25.1 Å². The molecule has 0 atom stereocenters. The number of rotatable bonds is 3. The zero-order valence-electron chi connectivity index (χ0n) is 12.2. The number of hydrogen-bond donors (Lipinski definition) is 0. The molecule has 118 valence electrons. The van der Waals surface area contributed by atoms with Gasteiger partial charge in [0.05, 0.1) is 12.2 Å². The van der Waals surface area contributed by atoms with E-state index in [1.165, 1.54) is 13.8 Å². The molecular weight excluding hydrogens is 298 g/mol. The van der Waals surface area contributed by atoms with Gasteiger partial charge in [0, 0.05) is 13.8 Å². The molecule has 1 aromatic carbocycles. The van der Waals surface area contributed by atoms with E-state index in [-0.39, 0.29) is 12.4 Å². The van der Waals surface area contributed by atoms with Crippen molar-refractivity contribution in [2.45, 2.75) is 26.6 Å². The normalized spacial score (nSPS) is 16.9. The summed E-state index contributed by atoms with van der Waals surface area (Å²) in [5.41, 5.74) is -1.17. The maximum atomic E-state index is 14.2. The molecule has 0 unspecified atom stereocenters. The van der Waals surface area contributed by atoms with Gasteiger partial charge < -0.3 is 14.2 Å². The first-order chi connectivity index (χ1) is 10.2. The molecule has 0 bridgehead atoms. The Hall–Kier alpha value is -2.44. The predicted molar refractivity (Wildman–Crippen MR) is 71.8 cm³/mol. The Bertz CT molecular complexity index is 642. The van der Waals surface area contributed by atoms with Crippen LogP contribution in [-0.4, -0.2) is 24.3 Å². The lowest BCUT2D eigenvalue weighted by Crippen LogP contribution is -2.41. The van der Waals surface area contributed by atoms with E-state index in [1.807, 2.05) is 0 Å². The topological polar surface area (TPSA) is 61.8 Å². The van der Waals surface area contributed by atoms with Crippen LogP contribution in [-0.2, 0) is 19.1 Å². The van der Waals surface area contributed by atoms with Crippen molar-refractivity contribution in [1.29, 1.82) is 0 Å². The molecule has 0 spiro atoms. The number of carbonyl (C=O) groups is 2. The molecule has 1 saturated heterocycles. The van der Waals surface area contributed by atoms with Gasteiger partial charge in [-0.15, -0.1) is 0 Å². The van der Waals surface area contributed by atoms with E-state index >= 15 is 0 Å². The molecule has 1 heterocycles. The summed E-state index contributed by atoms with van der Waals surface area (Å²) in [5, 5.41) is 0. The minimum absolute atomic E-state index is 0.177. The van der Waals surface area contributed by atoms with Crippen molar-refractivity contribution in [2.24, 2.45) is 0 Å². The molecule has 0 radical (unpaired) electrons. The zero-order valence-corrected chi connectivity index (χ0v) is 12.2. The van der Waals surface area contributed by atoms with Crippen LogP contribution in [0.2, 0.25) is 0 Å². The van der Waals surface area contributed by atoms with E-state index in [9.17, 15) is 18.4 Å². The highest BCUT2D eigenvalue weighted by Gasteiger charge is 2.39. The standard InChI is InChI=1S/C15H14F2O5/c1-4-20-11-6-5-10(16)8(12(11)17)7-9-13(18)21-15(2,3)22-14(9)19/h5-7H,4H2,1-3H3. The van der Waals surface area contributed by atoms with Gasteiger partial charge in [0.25, 0.3) is 5.79 Å². The van der Waals surface area contributed by atoms with Gasteiger partial charge in [-0.1, -0.05) is 0 Å². The Labute approximate surface area is 125 Å². The molecule has 1 aliphatic heterocycles. The number of carbonyl (C=O) groups excluding carboxylic acids is 2. The van der Waals surface area contributed by atoms with Crippen LogP contribution in [0, 0.1) is 11.6 Å². The molecule has 2 rings (SSSR count). The second kappa shape index (κ2) is 5.75. The summed E-state index contributed by atoms with van der Waals surface area (Å²) < 4.78 is 42.7. The van der Waals surface area contributed by atoms with Gasteiger partial charge in [0.1, 0.15) is 11.4 Å². The highest BCUT2D eigenvalue weighted by atomic mass is 19.1. The third-order valence-electron chi connectivity index (χ3n) is 2.80. The van der Waals surface area contributed by atoms with Crippen LogP contribution in [0.3, 0.4) is 0 Å². The maximum absolute atomic E-state index is 14.2. The number of ether oxygens (including phenoxy) is 3. The number of esters is 2. The fourth-order valence-corrected chi connectivity index (χ4v) is 1.87. The van der Waals surface area contributed by atoms with Crippen LogP contribution in [0.5, 0.6) is 5.75 Å². The van der Waals surface area contributed by atoms with E-state index in [0.29, 0.717) is 0 Å². The van der Waals surface area contributed by atoms with E-state index in [2.05, 4.69) is 0 Å².